The molecule has 98 valence electrons. The highest BCUT2D eigenvalue weighted by Gasteiger charge is 2.19. The number of rotatable bonds is 4. The molecule has 0 unspecified atom stereocenters. The Labute approximate surface area is 108 Å². The lowest BCUT2D eigenvalue weighted by molar-refractivity contribution is -0.123. The van der Waals surface area contributed by atoms with Gasteiger partial charge in [0.25, 0.3) is 5.91 Å². The van der Waals surface area contributed by atoms with Gasteiger partial charge in [-0.15, -0.1) is 0 Å². The molecule has 0 saturated carbocycles. The first kappa shape index (κ1) is 12.9. The van der Waals surface area contributed by atoms with Crippen molar-refractivity contribution in [1.82, 2.24) is 5.32 Å². The number of nitrogens with one attached hydrogen (secondary N) is 1. The predicted octanol–water partition coefficient (Wildman–Crippen LogP) is 1.54. The highest BCUT2D eigenvalue weighted by atomic mass is 16.5. The van der Waals surface area contributed by atoms with Gasteiger partial charge in [0.1, 0.15) is 5.75 Å². The molecule has 0 saturated heterocycles. The van der Waals surface area contributed by atoms with Crippen molar-refractivity contribution in [2.24, 2.45) is 5.73 Å². The Morgan fingerprint density at radius 3 is 3.06 bits per heavy atom. The number of carbonyl (C=O) groups excluding carboxylic acids is 1. The number of aryl methyl sites for hydroxylation is 1. The molecule has 0 fully saturated rings. The second-order valence-electron chi connectivity index (χ2n) is 5.02. The lowest BCUT2D eigenvalue weighted by Gasteiger charge is -2.11. The van der Waals surface area contributed by atoms with Crippen LogP contribution in [-0.4, -0.2) is 18.6 Å². The molecule has 0 aliphatic heterocycles. The molecule has 4 heteroatoms. The fourth-order valence-corrected chi connectivity index (χ4v) is 2.23. The van der Waals surface area contributed by atoms with Crippen LogP contribution in [0.5, 0.6) is 5.75 Å². The summed E-state index contributed by atoms with van der Waals surface area (Å²) in [5.74, 6) is 0.643. The molecule has 18 heavy (non-hydrogen) atoms. The lowest BCUT2D eigenvalue weighted by Crippen LogP contribution is -2.34. The fourth-order valence-electron chi connectivity index (χ4n) is 2.23. The lowest BCUT2D eigenvalue weighted by atomic mass is 10.1. The van der Waals surface area contributed by atoms with Crippen molar-refractivity contribution in [3.63, 3.8) is 0 Å². The Bertz CT molecular complexity index is 443. The summed E-state index contributed by atoms with van der Waals surface area (Å²) in [7, 11) is 0. The van der Waals surface area contributed by atoms with Crippen LogP contribution in [0.15, 0.2) is 18.2 Å². The molecule has 1 aliphatic rings. The van der Waals surface area contributed by atoms with Crippen LogP contribution < -0.4 is 15.8 Å². The average Bonchev–Trinajstić information content (AvgIpc) is 2.67. The molecule has 3 N–H and O–H groups in total. The van der Waals surface area contributed by atoms with Crippen LogP contribution >= 0.6 is 0 Å². The first-order valence-corrected chi connectivity index (χ1v) is 6.37. The Morgan fingerprint density at radius 2 is 2.33 bits per heavy atom. The van der Waals surface area contributed by atoms with Gasteiger partial charge in [0, 0.05) is 12.1 Å². The van der Waals surface area contributed by atoms with Gasteiger partial charge in [-0.25, -0.2) is 0 Å². The van der Waals surface area contributed by atoms with Crippen LogP contribution in [0.1, 0.15) is 37.4 Å². The molecular formula is C14H20N2O2. The van der Waals surface area contributed by atoms with Crippen LogP contribution in [0, 0.1) is 0 Å². The Morgan fingerprint density at radius 1 is 1.56 bits per heavy atom. The van der Waals surface area contributed by atoms with E-state index >= 15 is 0 Å². The summed E-state index contributed by atoms with van der Waals surface area (Å²) in [5, 5.41) is 2.79. The zero-order valence-electron chi connectivity index (χ0n) is 10.9. The third-order valence-electron chi connectivity index (χ3n) is 3.06. The van der Waals surface area contributed by atoms with Crippen LogP contribution in [0.25, 0.3) is 0 Å². The SMILES string of the molecule is CC(C)NC(=O)COc1ccc2c(c1)CC[C@H]2N. The van der Waals surface area contributed by atoms with Crippen LogP contribution in [0.2, 0.25) is 0 Å². The van der Waals surface area contributed by atoms with E-state index in [9.17, 15) is 4.79 Å². The minimum atomic E-state index is -0.0952. The van der Waals surface area contributed by atoms with Crippen molar-refractivity contribution in [3.8, 4) is 5.75 Å². The van der Waals surface area contributed by atoms with Crippen molar-refractivity contribution in [2.75, 3.05) is 6.61 Å². The van der Waals surface area contributed by atoms with E-state index in [-0.39, 0.29) is 24.6 Å². The number of ether oxygens (including phenoxy) is 1. The Balaban J connectivity index is 1.93. The number of carbonyl (C=O) groups is 1. The second-order valence-corrected chi connectivity index (χ2v) is 5.02. The number of hydrogen-bond donors (Lipinski definition) is 2. The van der Waals surface area contributed by atoms with E-state index in [1.807, 2.05) is 32.0 Å². The van der Waals surface area contributed by atoms with E-state index in [1.54, 1.807) is 0 Å². The average molecular weight is 248 g/mol. The molecule has 1 atom stereocenters. The molecule has 0 radical (unpaired) electrons. The molecule has 0 spiro atoms. The van der Waals surface area contributed by atoms with Crippen molar-refractivity contribution in [3.05, 3.63) is 29.3 Å². The van der Waals surface area contributed by atoms with Crippen molar-refractivity contribution < 1.29 is 9.53 Å². The van der Waals surface area contributed by atoms with Crippen molar-refractivity contribution in [2.45, 2.75) is 38.8 Å². The molecule has 1 aliphatic carbocycles. The van der Waals surface area contributed by atoms with Gasteiger partial charge in [0.05, 0.1) is 0 Å². The summed E-state index contributed by atoms with van der Waals surface area (Å²) in [6.07, 6.45) is 1.98. The first-order valence-electron chi connectivity index (χ1n) is 6.37. The van der Waals surface area contributed by atoms with Gasteiger partial charge in [-0.2, -0.15) is 0 Å². The summed E-state index contributed by atoms with van der Waals surface area (Å²) < 4.78 is 5.48. The van der Waals surface area contributed by atoms with E-state index in [2.05, 4.69) is 5.32 Å². The Kier molecular flexibility index (Phi) is 3.87. The minimum absolute atomic E-state index is 0.0586. The van der Waals surface area contributed by atoms with E-state index < -0.39 is 0 Å². The quantitative estimate of drug-likeness (QED) is 0.849. The summed E-state index contributed by atoms with van der Waals surface area (Å²) >= 11 is 0. The molecule has 0 bridgehead atoms. The smallest absolute Gasteiger partial charge is 0.258 e. The van der Waals surface area contributed by atoms with E-state index in [0.29, 0.717) is 0 Å². The van der Waals surface area contributed by atoms with Gasteiger partial charge in [-0.1, -0.05) is 6.07 Å². The molecule has 2 rings (SSSR count). The maximum Gasteiger partial charge on any atom is 0.258 e. The standard InChI is InChI=1S/C14H20N2O2/c1-9(2)16-14(17)8-18-11-4-5-12-10(7-11)3-6-13(12)15/h4-5,7,9,13H,3,6,8,15H2,1-2H3,(H,16,17)/t13-/m1/s1. The third kappa shape index (κ3) is 3.01. The number of hydrogen-bond acceptors (Lipinski definition) is 3. The second kappa shape index (κ2) is 5.40. The van der Waals surface area contributed by atoms with Gasteiger partial charge in [-0.3, -0.25) is 4.79 Å². The number of nitrogens with two attached hydrogens (primary N) is 1. The van der Waals surface area contributed by atoms with E-state index in [4.69, 9.17) is 10.5 Å². The monoisotopic (exact) mass is 248 g/mol. The molecular weight excluding hydrogens is 228 g/mol. The van der Waals surface area contributed by atoms with Crippen molar-refractivity contribution >= 4 is 5.91 Å². The summed E-state index contributed by atoms with van der Waals surface area (Å²) in [5.41, 5.74) is 8.41. The van der Waals surface area contributed by atoms with Crippen LogP contribution in [0.4, 0.5) is 0 Å². The van der Waals surface area contributed by atoms with Gasteiger partial charge in [0.15, 0.2) is 6.61 Å². The molecule has 4 nitrogen and oxygen atoms in total. The largest absolute Gasteiger partial charge is 0.484 e. The number of amides is 1. The van der Waals surface area contributed by atoms with Crippen molar-refractivity contribution in [1.29, 1.82) is 0 Å². The third-order valence-corrected chi connectivity index (χ3v) is 3.06. The van der Waals surface area contributed by atoms with Crippen LogP contribution in [-0.2, 0) is 11.2 Å². The normalized spacial score (nSPS) is 17.7. The topological polar surface area (TPSA) is 64.3 Å². The maximum atomic E-state index is 11.5. The molecule has 0 heterocycles. The zero-order valence-corrected chi connectivity index (χ0v) is 10.9. The Hall–Kier alpha value is -1.55. The highest BCUT2D eigenvalue weighted by molar-refractivity contribution is 5.77. The molecule has 1 amide bonds. The highest BCUT2D eigenvalue weighted by Crippen LogP contribution is 2.31. The van der Waals surface area contributed by atoms with Gasteiger partial charge in [-0.05, 0) is 49.9 Å². The maximum absolute atomic E-state index is 11.5. The fraction of sp³-hybridized carbons (Fsp3) is 0.500. The first-order chi connectivity index (χ1) is 8.56. The van der Waals surface area contributed by atoms with Crippen LogP contribution in [0.3, 0.4) is 0 Å². The molecule has 1 aromatic rings. The van der Waals surface area contributed by atoms with Gasteiger partial charge >= 0.3 is 0 Å². The summed E-state index contributed by atoms with van der Waals surface area (Å²) in [6.45, 7) is 3.91. The van der Waals surface area contributed by atoms with Gasteiger partial charge < -0.3 is 15.8 Å². The molecule has 0 aromatic heterocycles. The summed E-state index contributed by atoms with van der Waals surface area (Å²) in [4.78, 5) is 11.5. The van der Waals surface area contributed by atoms with E-state index in [0.717, 1.165) is 18.6 Å². The predicted molar refractivity (Wildman–Crippen MR) is 70.5 cm³/mol. The number of fused-ring (bicyclic) bond motifs is 1. The van der Waals surface area contributed by atoms with Gasteiger partial charge in [0.2, 0.25) is 0 Å². The number of benzene rings is 1. The van der Waals surface area contributed by atoms with E-state index in [1.165, 1.54) is 11.1 Å². The molecule has 1 aromatic carbocycles. The summed E-state index contributed by atoms with van der Waals surface area (Å²) in [6, 6.07) is 6.16. The zero-order chi connectivity index (χ0) is 13.1. The minimum Gasteiger partial charge on any atom is -0.484 e.